The van der Waals surface area contributed by atoms with Crippen molar-refractivity contribution >= 4 is 5.91 Å². The van der Waals surface area contributed by atoms with Crippen LogP contribution in [0.25, 0.3) is 0 Å². The van der Waals surface area contributed by atoms with E-state index in [1.807, 2.05) is 0 Å². The fourth-order valence-corrected chi connectivity index (χ4v) is 3.25. The van der Waals surface area contributed by atoms with Gasteiger partial charge in [-0.25, -0.2) is 0 Å². The fraction of sp³-hybridized carbons (Fsp3) is 0.933. The Morgan fingerprint density at radius 3 is 2.44 bits per heavy atom. The summed E-state index contributed by atoms with van der Waals surface area (Å²) in [5.74, 6) is 0.371. The molecule has 18 heavy (non-hydrogen) atoms. The summed E-state index contributed by atoms with van der Waals surface area (Å²) in [6.45, 7) is 9.80. The Balaban J connectivity index is 2.06. The van der Waals surface area contributed by atoms with E-state index in [4.69, 9.17) is 0 Å². The van der Waals surface area contributed by atoms with E-state index in [1.165, 1.54) is 12.8 Å². The fourth-order valence-electron chi connectivity index (χ4n) is 3.25. The van der Waals surface area contributed by atoms with Gasteiger partial charge in [0.1, 0.15) is 0 Å². The monoisotopic (exact) mass is 252 g/mol. The van der Waals surface area contributed by atoms with Crippen molar-refractivity contribution < 1.29 is 4.79 Å². The summed E-state index contributed by atoms with van der Waals surface area (Å²) in [5.41, 5.74) is 0.0998. The maximum absolute atomic E-state index is 12.7. The van der Waals surface area contributed by atoms with Crippen LogP contribution in [-0.4, -0.2) is 29.1 Å². The van der Waals surface area contributed by atoms with E-state index in [0.29, 0.717) is 11.3 Å². The molecule has 0 radical (unpaired) electrons. The lowest BCUT2D eigenvalue weighted by Gasteiger charge is -2.27. The molecule has 0 aromatic carbocycles. The van der Waals surface area contributed by atoms with Gasteiger partial charge in [-0.05, 0) is 31.1 Å². The molecule has 0 aromatic rings. The number of hydrogen-bond acceptors (Lipinski definition) is 2. The molecule has 1 amide bonds. The summed E-state index contributed by atoms with van der Waals surface area (Å²) in [6, 6.07) is 0. The molecule has 1 unspecified atom stereocenters. The van der Waals surface area contributed by atoms with Gasteiger partial charge < -0.3 is 4.90 Å². The Morgan fingerprint density at radius 2 is 1.94 bits per heavy atom. The molecule has 1 N–H and O–H groups in total. The zero-order valence-electron chi connectivity index (χ0n) is 12.4. The van der Waals surface area contributed by atoms with Crippen LogP contribution >= 0.6 is 0 Å². The highest BCUT2D eigenvalue weighted by molar-refractivity contribution is 5.89. The Bertz CT molecular complexity index is 313. The van der Waals surface area contributed by atoms with Gasteiger partial charge in [0.15, 0.2) is 0 Å². The molecule has 3 nitrogen and oxygen atoms in total. The van der Waals surface area contributed by atoms with Crippen LogP contribution in [0.1, 0.15) is 66.2 Å². The van der Waals surface area contributed by atoms with Crippen LogP contribution in [-0.2, 0) is 4.79 Å². The van der Waals surface area contributed by atoms with Crippen LogP contribution in [0.15, 0.2) is 0 Å². The molecule has 2 aliphatic rings. The van der Waals surface area contributed by atoms with Crippen molar-refractivity contribution in [2.45, 2.75) is 77.9 Å². The smallest absolute Gasteiger partial charge is 0.244 e. The summed E-state index contributed by atoms with van der Waals surface area (Å²) in [5, 5.41) is 3.63. The highest BCUT2D eigenvalue weighted by Gasteiger charge is 2.51. The van der Waals surface area contributed by atoms with E-state index in [9.17, 15) is 4.79 Å². The van der Waals surface area contributed by atoms with Gasteiger partial charge in [0, 0.05) is 6.54 Å². The van der Waals surface area contributed by atoms with Gasteiger partial charge in [0.2, 0.25) is 5.91 Å². The molecule has 1 saturated heterocycles. The van der Waals surface area contributed by atoms with Crippen LogP contribution < -0.4 is 5.32 Å². The molecule has 104 valence electrons. The molecular formula is C15H28N2O. The van der Waals surface area contributed by atoms with Crippen LogP contribution in [0.3, 0.4) is 0 Å². The maximum atomic E-state index is 12.7. The minimum Gasteiger partial charge on any atom is -0.326 e. The molecule has 0 bridgehead atoms. The molecule has 1 aliphatic heterocycles. The van der Waals surface area contributed by atoms with Crippen LogP contribution in [0, 0.1) is 5.41 Å². The van der Waals surface area contributed by atoms with E-state index in [2.05, 4.69) is 37.9 Å². The first-order valence-corrected chi connectivity index (χ1v) is 7.47. The second-order valence-electron chi connectivity index (χ2n) is 7.17. The second kappa shape index (κ2) is 4.84. The number of amides is 1. The standard InChI is InChI=1S/C15H28N2O/c1-5-12-16-15(8-6-7-9-15)13(18)17(12)11-10-14(2,3)4/h12,16H,5-11H2,1-4H3. The average molecular weight is 252 g/mol. The van der Waals surface area contributed by atoms with Gasteiger partial charge in [-0.15, -0.1) is 0 Å². The predicted molar refractivity (Wildman–Crippen MR) is 74.2 cm³/mol. The molecule has 2 fully saturated rings. The summed E-state index contributed by atoms with van der Waals surface area (Å²) in [6.07, 6.45) is 6.82. The molecule has 1 spiro atoms. The highest BCUT2D eigenvalue weighted by atomic mass is 16.2. The van der Waals surface area contributed by atoms with E-state index in [0.717, 1.165) is 32.2 Å². The van der Waals surface area contributed by atoms with Crippen molar-refractivity contribution in [3.8, 4) is 0 Å². The SMILES string of the molecule is CCC1NC2(CCCC2)C(=O)N1CCC(C)(C)C. The number of hydrogen-bond donors (Lipinski definition) is 1. The highest BCUT2D eigenvalue weighted by Crippen LogP contribution is 2.37. The Kier molecular flexibility index (Phi) is 3.72. The van der Waals surface area contributed by atoms with Crippen molar-refractivity contribution in [3.05, 3.63) is 0 Å². The molecule has 1 heterocycles. The van der Waals surface area contributed by atoms with Gasteiger partial charge in [0.25, 0.3) is 0 Å². The third kappa shape index (κ3) is 2.56. The minimum absolute atomic E-state index is 0.196. The normalized spacial score (nSPS) is 27.4. The summed E-state index contributed by atoms with van der Waals surface area (Å²) in [7, 11) is 0. The van der Waals surface area contributed by atoms with Crippen LogP contribution in [0.2, 0.25) is 0 Å². The molecule has 2 rings (SSSR count). The predicted octanol–water partition coefficient (Wildman–Crippen LogP) is 2.90. The second-order valence-corrected chi connectivity index (χ2v) is 7.17. The zero-order valence-corrected chi connectivity index (χ0v) is 12.4. The van der Waals surface area contributed by atoms with E-state index in [1.54, 1.807) is 0 Å². The summed E-state index contributed by atoms with van der Waals surface area (Å²) < 4.78 is 0. The molecule has 3 heteroatoms. The molecule has 1 aliphatic carbocycles. The first-order valence-electron chi connectivity index (χ1n) is 7.47. The number of rotatable bonds is 3. The average Bonchev–Trinajstić information content (AvgIpc) is 2.84. The van der Waals surface area contributed by atoms with Crippen molar-refractivity contribution in [1.29, 1.82) is 0 Å². The van der Waals surface area contributed by atoms with Gasteiger partial charge in [-0.1, -0.05) is 40.5 Å². The molecule has 1 saturated carbocycles. The van der Waals surface area contributed by atoms with Crippen LogP contribution in [0.4, 0.5) is 0 Å². The molecular weight excluding hydrogens is 224 g/mol. The number of nitrogens with zero attached hydrogens (tertiary/aromatic N) is 1. The van der Waals surface area contributed by atoms with Crippen molar-refractivity contribution in [2.75, 3.05) is 6.54 Å². The third-order valence-corrected chi connectivity index (χ3v) is 4.44. The Labute approximate surface area is 111 Å². The zero-order chi connectivity index (χ0) is 13.4. The van der Waals surface area contributed by atoms with Gasteiger partial charge >= 0.3 is 0 Å². The summed E-state index contributed by atoms with van der Waals surface area (Å²) in [4.78, 5) is 14.8. The Morgan fingerprint density at radius 1 is 1.33 bits per heavy atom. The quantitative estimate of drug-likeness (QED) is 0.837. The lowest BCUT2D eigenvalue weighted by Crippen LogP contribution is -2.44. The van der Waals surface area contributed by atoms with Gasteiger partial charge in [-0.2, -0.15) is 0 Å². The van der Waals surface area contributed by atoms with Crippen molar-refractivity contribution in [2.24, 2.45) is 5.41 Å². The van der Waals surface area contributed by atoms with E-state index >= 15 is 0 Å². The first kappa shape index (κ1) is 13.9. The maximum Gasteiger partial charge on any atom is 0.244 e. The largest absolute Gasteiger partial charge is 0.326 e. The number of carbonyl (C=O) groups is 1. The lowest BCUT2D eigenvalue weighted by molar-refractivity contribution is -0.133. The number of carbonyl (C=O) groups excluding carboxylic acids is 1. The van der Waals surface area contributed by atoms with Gasteiger partial charge in [-0.3, -0.25) is 10.1 Å². The molecule has 0 aromatic heterocycles. The first-order chi connectivity index (χ1) is 8.38. The minimum atomic E-state index is -0.196. The van der Waals surface area contributed by atoms with Crippen LogP contribution in [0.5, 0.6) is 0 Å². The van der Waals surface area contributed by atoms with Crippen molar-refractivity contribution in [1.82, 2.24) is 10.2 Å². The van der Waals surface area contributed by atoms with E-state index < -0.39 is 0 Å². The lowest BCUT2D eigenvalue weighted by atomic mass is 9.91. The molecule has 1 atom stereocenters. The Hall–Kier alpha value is -0.570. The van der Waals surface area contributed by atoms with Gasteiger partial charge in [0.05, 0.1) is 11.7 Å². The third-order valence-electron chi connectivity index (χ3n) is 4.44. The summed E-state index contributed by atoms with van der Waals surface area (Å²) >= 11 is 0. The van der Waals surface area contributed by atoms with Crippen molar-refractivity contribution in [3.63, 3.8) is 0 Å². The number of nitrogens with one attached hydrogen (secondary N) is 1. The van der Waals surface area contributed by atoms with E-state index in [-0.39, 0.29) is 11.7 Å². The topological polar surface area (TPSA) is 32.3 Å².